The average Bonchev–Trinajstić information content (AvgIpc) is 2.86. The van der Waals surface area contributed by atoms with Gasteiger partial charge in [-0.3, -0.25) is 4.90 Å². The van der Waals surface area contributed by atoms with Crippen molar-refractivity contribution in [2.24, 2.45) is 11.8 Å². The summed E-state index contributed by atoms with van der Waals surface area (Å²) in [6.45, 7) is 4.37. The summed E-state index contributed by atoms with van der Waals surface area (Å²) >= 11 is 0. The van der Waals surface area contributed by atoms with Crippen LogP contribution in [0.4, 0.5) is 10.1 Å². The first kappa shape index (κ1) is 13.5. The number of anilines is 1. The van der Waals surface area contributed by atoms with Gasteiger partial charge in [-0.2, -0.15) is 0 Å². The van der Waals surface area contributed by atoms with E-state index in [-0.39, 0.29) is 11.9 Å². The average molecular weight is 290 g/mol. The van der Waals surface area contributed by atoms with Gasteiger partial charge in [0.05, 0.1) is 6.10 Å². The molecule has 1 aromatic carbocycles. The standard InChI is InChI=1S/C17H23FN2O/c18-13-1-3-14(4-2-13)19-7-5-15(6-8-19)20-10-12-9-17(21)16(12)11-20/h1-4,12,15-17,21H,5-11H2/t12-,16+,17-/m1/s1. The molecule has 0 spiro atoms. The van der Waals surface area contributed by atoms with Gasteiger partial charge in [0.25, 0.3) is 0 Å². The maximum absolute atomic E-state index is 13.0. The molecule has 114 valence electrons. The Hall–Kier alpha value is -1.13. The molecule has 2 aliphatic heterocycles. The van der Waals surface area contributed by atoms with Crippen LogP contribution in [0.5, 0.6) is 0 Å². The summed E-state index contributed by atoms with van der Waals surface area (Å²) in [5, 5.41) is 9.78. The van der Waals surface area contributed by atoms with Crippen LogP contribution in [0.2, 0.25) is 0 Å². The van der Waals surface area contributed by atoms with Crippen molar-refractivity contribution in [3.63, 3.8) is 0 Å². The molecule has 0 amide bonds. The zero-order valence-electron chi connectivity index (χ0n) is 12.3. The number of benzene rings is 1. The minimum absolute atomic E-state index is 0.0423. The molecular formula is C17H23FN2O. The van der Waals surface area contributed by atoms with E-state index in [1.165, 1.54) is 19.4 Å². The molecule has 1 aliphatic carbocycles. The Balaban J connectivity index is 1.34. The summed E-state index contributed by atoms with van der Waals surface area (Å²) in [6, 6.07) is 7.51. The number of halogens is 1. The van der Waals surface area contributed by atoms with Gasteiger partial charge in [-0.05, 0) is 49.4 Å². The minimum atomic E-state index is -0.167. The van der Waals surface area contributed by atoms with Crippen LogP contribution in [0.25, 0.3) is 0 Å². The van der Waals surface area contributed by atoms with E-state index in [4.69, 9.17) is 0 Å². The molecule has 0 aromatic heterocycles. The van der Waals surface area contributed by atoms with Gasteiger partial charge in [0, 0.05) is 43.8 Å². The highest BCUT2D eigenvalue weighted by Crippen LogP contribution is 2.42. The molecule has 3 nitrogen and oxygen atoms in total. The lowest BCUT2D eigenvalue weighted by atomic mass is 9.74. The summed E-state index contributed by atoms with van der Waals surface area (Å²) in [7, 11) is 0. The third-order valence-corrected chi connectivity index (χ3v) is 5.73. The van der Waals surface area contributed by atoms with Gasteiger partial charge in [0.15, 0.2) is 0 Å². The summed E-state index contributed by atoms with van der Waals surface area (Å²) in [6.07, 6.45) is 3.31. The number of aliphatic hydroxyl groups is 1. The molecule has 0 bridgehead atoms. The van der Waals surface area contributed by atoms with Gasteiger partial charge in [0.2, 0.25) is 0 Å². The Labute approximate surface area is 125 Å². The molecule has 2 heterocycles. The predicted octanol–water partition coefficient (Wildman–Crippen LogP) is 2.11. The molecule has 3 aliphatic rings. The van der Waals surface area contributed by atoms with Crippen LogP contribution < -0.4 is 4.90 Å². The highest BCUT2D eigenvalue weighted by atomic mass is 19.1. The molecule has 4 rings (SSSR count). The van der Waals surface area contributed by atoms with E-state index in [9.17, 15) is 9.50 Å². The van der Waals surface area contributed by atoms with Gasteiger partial charge < -0.3 is 10.0 Å². The number of hydrogen-bond acceptors (Lipinski definition) is 3. The number of aliphatic hydroxyl groups excluding tert-OH is 1. The Bertz CT molecular complexity index is 498. The van der Waals surface area contributed by atoms with Gasteiger partial charge in [-0.25, -0.2) is 4.39 Å². The molecular weight excluding hydrogens is 267 g/mol. The van der Waals surface area contributed by atoms with Gasteiger partial charge in [-0.1, -0.05) is 0 Å². The van der Waals surface area contributed by atoms with Gasteiger partial charge in [0.1, 0.15) is 5.82 Å². The lowest BCUT2D eigenvalue weighted by Gasteiger charge is -2.38. The quantitative estimate of drug-likeness (QED) is 0.903. The van der Waals surface area contributed by atoms with Crippen LogP contribution in [-0.4, -0.2) is 48.3 Å². The van der Waals surface area contributed by atoms with Crippen molar-refractivity contribution in [1.29, 1.82) is 0 Å². The Morgan fingerprint density at radius 2 is 1.76 bits per heavy atom. The molecule has 4 heteroatoms. The highest BCUT2D eigenvalue weighted by molar-refractivity contribution is 5.46. The van der Waals surface area contributed by atoms with Crippen LogP contribution in [0.15, 0.2) is 24.3 Å². The van der Waals surface area contributed by atoms with E-state index in [0.717, 1.165) is 37.7 Å². The molecule has 1 N–H and O–H groups in total. The first-order valence-electron chi connectivity index (χ1n) is 8.13. The number of nitrogens with zero attached hydrogens (tertiary/aromatic N) is 2. The van der Waals surface area contributed by atoms with Crippen molar-refractivity contribution in [1.82, 2.24) is 4.90 Å². The SMILES string of the molecule is O[C@@H]1C[C@@H]2CN(C3CCN(c4ccc(F)cc4)CC3)C[C@@H]21. The summed E-state index contributed by atoms with van der Waals surface area (Å²) in [5.74, 6) is 1.12. The number of rotatable bonds is 2. The van der Waals surface area contributed by atoms with Crippen LogP contribution in [0, 0.1) is 17.7 Å². The van der Waals surface area contributed by atoms with E-state index in [0.29, 0.717) is 12.0 Å². The number of hydrogen-bond donors (Lipinski definition) is 1. The maximum atomic E-state index is 13.0. The van der Waals surface area contributed by atoms with Crippen LogP contribution in [0.1, 0.15) is 19.3 Å². The zero-order chi connectivity index (χ0) is 14.4. The minimum Gasteiger partial charge on any atom is -0.393 e. The van der Waals surface area contributed by atoms with E-state index >= 15 is 0 Å². The molecule has 3 atom stereocenters. The fourth-order valence-corrected chi connectivity index (χ4v) is 4.34. The topological polar surface area (TPSA) is 26.7 Å². The Morgan fingerprint density at radius 3 is 2.38 bits per heavy atom. The molecule has 1 aromatic rings. The van der Waals surface area contributed by atoms with E-state index in [1.807, 2.05) is 12.1 Å². The van der Waals surface area contributed by atoms with Crippen molar-refractivity contribution in [3.8, 4) is 0 Å². The normalized spacial score (nSPS) is 33.8. The first-order valence-corrected chi connectivity index (χ1v) is 8.13. The fourth-order valence-electron chi connectivity index (χ4n) is 4.34. The molecule has 3 fully saturated rings. The second-order valence-corrected chi connectivity index (χ2v) is 6.88. The summed E-state index contributed by atoms with van der Waals surface area (Å²) < 4.78 is 13.0. The molecule has 0 unspecified atom stereocenters. The number of likely N-dealkylation sites (tertiary alicyclic amines) is 1. The first-order chi connectivity index (χ1) is 10.2. The van der Waals surface area contributed by atoms with E-state index < -0.39 is 0 Å². The van der Waals surface area contributed by atoms with Crippen molar-refractivity contribution in [2.45, 2.75) is 31.4 Å². The molecule has 0 radical (unpaired) electrons. The lowest BCUT2D eigenvalue weighted by molar-refractivity contribution is -0.00448. The Kier molecular flexibility index (Phi) is 3.38. The second kappa shape index (κ2) is 5.25. The van der Waals surface area contributed by atoms with Gasteiger partial charge in [-0.15, -0.1) is 0 Å². The smallest absolute Gasteiger partial charge is 0.123 e. The van der Waals surface area contributed by atoms with E-state index in [2.05, 4.69) is 9.80 Å². The fraction of sp³-hybridized carbons (Fsp3) is 0.647. The third kappa shape index (κ3) is 2.44. The van der Waals surface area contributed by atoms with Crippen molar-refractivity contribution in [3.05, 3.63) is 30.1 Å². The molecule has 2 saturated heterocycles. The van der Waals surface area contributed by atoms with Crippen molar-refractivity contribution < 1.29 is 9.50 Å². The van der Waals surface area contributed by atoms with E-state index in [1.54, 1.807) is 12.1 Å². The van der Waals surface area contributed by atoms with Gasteiger partial charge >= 0.3 is 0 Å². The number of piperidine rings is 1. The Morgan fingerprint density at radius 1 is 1.05 bits per heavy atom. The second-order valence-electron chi connectivity index (χ2n) is 6.88. The number of fused-ring (bicyclic) bond motifs is 1. The van der Waals surface area contributed by atoms with Crippen molar-refractivity contribution >= 4 is 5.69 Å². The summed E-state index contributed by atoms with van der Waals surface area (Å²) in [5.41, 5.74) is 1.13. The zero-order valence-corrected chi connectivity index (χ0v) is 12.3. The highest BCUT2D eigenvalue weighted by Gasteiger charge is 2.47. The van der Waals surface area contributed by atoms with Crippen LogP contribution >= 0.6 is 0 Å². The summed E-state index contributed by atoms with van der Waals surface area (Å²) in [4.78, 5) is 4.96. The molecule has 21 heavy (non-hydrogen) atoms. The predicted molar refractivity (Wildman–Crippen MR) is 80.8 cm³/mol. The third-order valence-electron chi connectivity index (χ3n) is 5.73. The van der Waals surface area contributed by atoms with Crippen LogP contribution in [0.3, 0.4) is 0 Å². The monoisotopic (exact) mass is 290 g/mol. The van der Waals surface area contributed by atoms with Crippen LogP contribution in [-0.2, 0) is 0 Å². The molecule has 1 saturated carbocycles. The van der Waals surface area contributed by atoms with Crippen molar-refractivity contribution in [2.75, 3.05) is 31.1 Å². The lowest BCUT2D eigenvalue weighted by Crippen LogP contribution is -2.44. The largest absolute Gasteiger partial charge is 0.393 e. The maximum Gasteiger partial charge on any atom is 0.123 e.